The van der Waals surface area contributed by atoms with Crippen LogP contribution < -0.4 is 10.6 Å². The number of piperidine rings is 1. The lowest BCUT2D eigenvalue weighted by atomic mass is 10.0. The Hall–Kier alpha value is -2.18. The third kappa shape index (κ3) is 2.39. The van der Waals surface area contributed by atoms with E-state index in [0.29, 0.717) is 18.8 Å². The highest BCUT2D eigenvalue weighted by molar-refractivity contribution is 5.90. The topological polar surface area (TPSA) is 109 Å². The lowest BCUT2D eigenvalue weighted by Gasteiger charge is -2.33. The quantitative estimate of drug-likeness (QED) is 0.782. The molecule has 3 N–H and O–H groups in total. The predicted molar refractivity (Wildman–Crippen MR) is 63.2 cm³/mol. The minimum Gasteiger partial charge on any atom is -0.480 e. The molecule has 1 fully saturated rings. The van der Waals surface area contributed by atoms with Crippen molar-refractivity contribution in [3.63, 3.8) is 0 Å². The molecule has 0 aromatic carbocycles. The molecule has 96 valence electrons. The Kier molecular flexibility index (Phi) is 3.40. The van der Waals surface area contributed by atoms with E-state index in [2.05, 4.69) is 10.2 Å². The number of carbonyl (C=O) groups excluding carboxylic acids is 1. The molecule has 7 heteroatoms. The van der Waals surface area contributed by atoms with Crippen molar-refractivity contribution in [2.24, 2.45) is 5.73 Å². The molecule has 1 aromatic rings. The third-order valence-corrected chi connectivity index (χ3v) is 2.99. The predicted octanol–water partition coefficient (Wildman–Crippen LogP) is 0.0190. The summed E-state index contributed by atoms with van der Waals surface area (Å²) in [5.41, 5.74) is 5.14. The van der Waals surface area contributed by atoms with Gasteiger partial charge in [0.25, 0.3) is 5.91 Å². The third-order valence-electron chi connectivity index (χ3n) is 2.99. The van der Waals surface area contributed by atoms with Crippen LogP contribution in [-0.2, 0) is 4.79 Å². The highest BCUT2D eigenvalue weighted by atomic mass is 16.4. The van der Waals surface area contributed by atoms with Crippen molar-refractivity contribution in [1.82, 2.24) is 10.2 Å². The van der Waals surface area contributed by atoms with Crippen molar-refractivity contribution in [2.45, 2.75) is 25.3 Å². The Bertz CT molecular complexity index is 460. The molecule has 0 aliphatic carbocycles. The zero-order valence-corrected chi connectivity index (χ0v) is 9.74. The van der Waals surface area contributed by atoms with Crippen LogP contribution in [0, 0.1) is 0 Å². The zero-order valence-electron chi connectivity index (χ0n) is 9.74. The van der Waals surface area contributed by atoms with E-state index < -0.39 is 17.9 Å². The lowest BCUT2D eigenvalue weighted by Crippen LogP contribution is -2.45. The van der Waals surface area contributed by atoms with E-state index in [4.69, 9.17) is 10.8 Å². The van der Waals surface area contributed by atoms with Crippen LogP contribution in [0.5, 0.6) is 0 Å². The SMILES string of the molecule is NC(=O)c1ccc(N2CCCCC2C(=O)O)nn1. The van der Waals surface area contributed by atoms with Crippen molar-refractivity contribution in [3.8, 4) is 0 Å². The zero-order chi connectivity index (χ0) is 13.1. The van der Waals surface area contributed by atoms with Crippen LogP contribution in [0.1, 0.15) is 29.8 Å². The van der Waals surface area contributed by atoms with Gasteiger partial charge in [-0.1, -0.05) is 0 Å². The number of carbonyl (C=O) groups is 2. The van der Waals surface area contributed by atoms with Gasteiger partial charge < -0.3 is 15.7 Å². The molecule has 18 heavy (non-hydrogen) atoms. The summed E-state index contributed by atoms with van der Waals surface area (Å²) in [6.45, 7) is 0.627. The number of anilines is 1. The number of nitrogens with two attached hydrogens (primary N) is 1. The molecule has 2 heterocycles. The first-order valence-corrected chi connectivity index (χ1v) is 5.72. The molecule has 2 rings (SSSR count). The Balaban J connectivity index is 2.23. The molecule has 1 amide bonds. The Morgan fingerprint density at radius 2 is 2.11 bits per heavy atom. The Morgan fingerprint density at radius 3 is 2.67 bits per heavy atom. The summed E-state index contributed by atoms with van der Waals surface area (Å²) in [6, 6.07) is 2.46. The Morgan fingerprint density at radius 1 is 1.33 bits per heavy atom. The summed E-state index contributed by atoms with van der Waals surface area (Å²) in [4.78, 5) is 23.7. The number of aliphatic carboxylic acids is 1. The van der Waals surface area contributed by atoms with E-state index in [0.717, 1.165) is 12.8 Å². The van der Waals surface area contributed by atoms with Gasteiger partial charge in [0.15, 0.2) is 11.5 Å². The molecular formula is C11H14N4O3. The number of carboxylic acid groups (broad SMARTS) is 1. The van der Waals surface area contributed by atoms with Gasteiger partial charge in [0.2, 0.25) is 0 Å². The fourth-order valence-electron chi connectivity index (χ4n) is 2.07. The summed E-state index contributed by atoms with van der Waals surface area (Å²) in [5, 5.41) is 16.7. The first kappa shape index (κ1) is 12.3. The molecule has 1 aliphatic heterocycles. The van der Waals surface area contributed by atoms with Gasteiger partial charge in [-0.2, -0.15) is 0 Å². The number of amides is 1. The summed E-state index contributed by atoms with van der Waals surface area (Å²) < 4.78 is 0. The average Bonchev–Trinajstić information content (AvgIpc) is 2.39. The first-order chi connectivity index (χ1) is 8.59. The van der Waals surface area contributed by atoms with Gasteiger partial charge in [-0.15, -0.1) is 10.2 Å². The highest BCUT2D eigenvalue weighted by Crippen LogP contribution is 2.22. The van der Waals surface area contributed by atoms with E-state index in [-0.39, 0.29) is 5.69 Å². The van der Waals surface area contributed by atoms with Crippen LogP contribution in [0.4, 0.5) is 5.82 Å². The number of nitrogens with zero attached hydrogens (tertiary/aromatic N) is 3. The van der Waals surface area contributed by atoms with Crippen LogP contribution in [0.25, 0.3) is 0 Å². The van der Waals surface area contributed by atoms with Crippen molar-refractivity contribution < 1.29 is 14.7 Å². The average molecular weight is 250 g/mol. The van der Waals surface area contributed by atoms with Crippen molar-refractivity contribution in [2.75, 3.05) is 11.4 Å². The van der Waals surface area contributed by atoms with Gasteiger partial charge in [0.05, 0.1) is 0 Å². The van der Waals surface area contributed by atoms with Gasteiger partial charge in [0, 0.05) is 6.54 Å². The fourth-order valence-corrected chi connectivity index (χ4v) is 2.07. The van der Waals surface area contributed by atoms with E-state index in [1.54, 1.807) is 11.0 Å². The largest absolute Gasteiger partial charge is 0.480 e. The van der Waals surface area contributed by atoms with Gasteiger partial charge in [-0.3, -0.25) is 4.79 Å². The molecule has 0 radical (unpaired) electrons. The molecule has 0 saturated carbocycles. The van der Waals surface area contributed by atoms with Gasteiger partial charge in [-0.25, -0.2) is 4.79 Å². The number of hydrogen-bond acceptors (Lipinski definition) is 5. The van der Waals surface area contributed by atoms with Crippen LogP contribution in [0.15, 0.2) is 12.1 Å². The van der Waals surface area contributed by atoms with Gasteiger partial charge in [0.1, 0.15) is 6.04 Å². The molecule has 0 bridgehead atoms. The first-order valence-electron chi connectivity index (χ1n) is 5.72. The maximum Gasteiger partial charge on any atom is 0.326 e. The van der Waals surface area contributed by atoms with Crippen molar-refractivity contribution in [1.29, 1.82) is 0 Å². The molecule has 1 aromatic heterocycles. The standard InChI is InChI=1S/C11H14N4O3/c12-10(16)7-4-5-9(14-13-7)15-6-2-1-3-8(15)11(17)18/h4-5,8H,1-3,6H2,(H2,12,16)(H,17,18). The lowest BCUT2D eigenvalue weighted by molar-refractivity contribution is -0.139. The molecule has 1 aliphatic rings. The van der Waals surface area contributed by atoms with Gasteiger partial charge >= 0.3 is 5.97 Å². The molecule has 1 atom stereocenters. The van der Waals surface area contributed by atoms with E-state index in [1.165, 1.54) is 6.07 Å². The molecule has 0 spiro atoms. The molecule has 7 nitrogen and oxygen atoms in total. The van der Waals surface area contributed by atoms with E-state index in [1.807, 2.05) is 0 Å². The number of hydrogen-bond donors (Lipinski definition) is 2. The number of carboxylic acids is 1. The smallest absolute Gasteiger partial charge is 0.326 e. The summed E-state index contributed by atoms with van der Waals surface area (Å²) >= 11 is 0. The summed E-state index contributed by atoms with van der Waals surface area (Å²) in [6.07, 6.45) is 2.40. The van der Waals surface area contributed by atoms with Crippen LogP contribution in [0.2, 0.25) is 0 Å². The second kappa shape index (κ2) is 4.99. The maximum atomic E-state index is 11.1. The Labute approximate surface area is 104 Å². The summed E-state index contributed by atoms with van der Waals surface area (Å²) in [5.74, 6) is -1.05. The summed E-state index contributed by atoms with van der Waals surface area (Å²) in [7, 11) is 0. The molecule has 1 unspecified atom stereocenters. The van der Waals surface area contributed by atoms with E-state index in [9.17, 15) is 9.59 Å². The normalized spacial score (nSPS) is 19.6. The fraction of sp³-hybridized carbons (Fsp3) is 0.455. The van der Waals surface area contributed by atoms with E-state index >= 15 is 0 Å². The van der Waals surface area contributed by atoms with Gasteiger partial charge in [-0.05, 0) is 31.4 Å². The van der Waals surface area contributed by atoms with Crippen molar-refractivity contribution >= 4 is 17.7 Å². The minimum absolute atomic E-state index is 0.0719. The maximum absolute atomic E-state index is 11.1. The van der Waals surface area contributed by atoms with Crippen LogP contribution in [-0.4, -0.2) is 39.8 Å². The van der Waals surface area contributed by atoms with Crippen LogP contribution in [0.3, 0.4) is 0 Å². The molecular weight excluding hydrogens is 236 g/mol. The number of rotatable bonds is 3. The number of primary amides is 1. The minimum atomic E-state index is -0.865. The van der Waals surface area contributed by atoms with Crippen LogP contribution >= 0.6 is 0 Å². The second-order valence-electron chi connectivity index (χ2n) is 4.18. The molecule has 1 saturated heterocycles. The highest BCUT2D eigenvalue weighted by Gasteiger charge is 2.29. The van der Waals surface area contributed by atoms with Crippen molar-refractivity contribution in [3.05, 3.63) is 17.8 Å². The monoisotopic (exact) mass is 250 g/mol. The second-order valence-corrected chi connectivity index (χ2v) is 4.18. The number of aromatic nitrogens is 2.